The third-order valence-electron chi connectivity index (χ3n) is 2.84. The Morgan fingerprint density at radius 3 is 2.62 bits per heavy atom. The summed E-state index contributed by atoms with van der Waals surface area (Å²) >= 11 is 5.82. The molecule has 0 aliphatic rings. The molecule has 6 heteroatoms. The first kappa shape index (κ1) is 15.3. The van der Waals surface area contributed by atoms with Crippen LogP contribution in [0.2, 0.25) is 5.02 Å². The summed E-state index contributed by atoms with van der Waals surface area (Å²) in [6.07, 6.45) is 0. The summed E-state index contributed by atoms with van der Waals surface area (Å²) in [6.45, 7) is 2.08. The maximum atomic E-state index is 13.3. The van der Waals surface area contributed by atoms with Crippen molar-refractivity contribution in [2.45, 2.75) is 6.92 Å². The molecule has 0 fully saturated rings. The molecule has 3 nitrogen and oxygen atoms in total. The molecule has 110 valence electrons. The molecule has 2 rings (SSSR count). The number of anilines is 1. The van der Waals surface area contributed by atoms with E-state index in [-0.39, 0.29) is 27.6 Å². The summed E-state index contributed by atoms with van der Waals surface area (Å²) in [5, 5.41) is -0.190. The van der Waals surface area contributed by atoms with Crippen molar-refractivity contribution in [3.05, 3.63) is 58.1 Å². The van der Waals surface area contributed by atoms with Gasteiger partial charge in [0.1, 0.15) is 5.75 Å². The summed E-state index contributed by atoms with van der Waals surface area (Å²) in [6, 6.07) is 6.22. The zero-order chi connectivity index (χ0) is 15.6. The average Bonchev–Trinajstić information content (AvgIpc) is 2.43. The number of hydrogen-bond donors (Lipinski definition) is 1. The van der Waals surface area contributed by atoms with Crippen molar-refractivity contribution < 1.29 is 18.3 Å². The first-order valence-corrected chi connectivity index (χ1v) is 6.54. The van der Waals surface area contributed by atoms with Gasteiger partial charge in [0.05, 0.1) is 17.2 Å². The molecule has 0 aromatic heterocycles. The van der Waals surface area contributed by atoms with Crippen LogP contribution in [-0.4, -0.2) is 12.4 Å². The number of ketones is 1. The van der Waals surface area contributed by atoms with Crippen molar-refractivity contribution in [1.29, 1.82) is 0 Å². The minimum Gasteiger partial charge on any atom is -0.493 e. The molecule has 0 aliphatic heterocycles. The molecule has 21 heavy (non-hydrogen) atoms. The monoisotopic (exact) mass is 311 g/mol. The fourth-order valence-corrected chi connectivity index (χ4v) is 2.13. The van der Waals surface area contributed by atoms with Crippen molar-refractivity contribution in [3.8, 4) is 5.75 Å². The van der Waals surface area contributed by atoms with E-state index < -0.39 is 17.4 Å². The average molecular weight is 312 g/mol. The number of carbonyl (C=O) groups excluding carboxylic acids is 1. The molecular weight excluding hydrogens is 300 g/mol. The van der Waals surface area contributed by atoms with Crippen LogP contribution in [0.1, 0.15) is 22.8 Å². The predicted octanol–water partition coefficient (Wildman–Crippen LogP) is 3.83. The van der Waals surface area contributed by atoms with E-state index in [9.17, 15) is 13.6 Å². The molecule has 0 saturated carbocycles. The maximum absolute atomic E-state index is 13.3. The highest BCUT2D eigenvalue weighted by atomic mass is 35.5. The van der Waals surface area contributed by atoms with Crippen LogP contribution in [0, 0.1) is 11.6 Å². The standard InChI is InChI=1S/C15H12ClF2NO2/c1-2-21-13-5-3-4-12(19)14(13)15(20)8-6-10(17)11(18)7-9(8)16/h3-7H,2,19H2,1H3. The van der Waals surface area contributed by atoms with Crippen molar-refractivity contribution >= 4 is 23.1 Å². The Morgan fingerprint density at radius 1 is 1.29 bits per heavy atom. The highest BCUT2D eigenvalue weighted by molar-refractivity contribution is 6.35. The van der Waals surface area contributed by atoms with Gasteiger partial charge in [-0.1, -0.05) is 17.7 Å². The smallest absolute Gasteiger partial charge is 0.200 e. The van der Waals surface area contributed by atoms with E-state index in [0.717, 1.165) is 12.1 Å². The lowest BCUT2D eigenvalue weighted by molar-refractivity contribution is 0.103. The summed E-state index contributed by atoms with van der Waals surface area (Å²) in [4.78, 5) is 12.5. The highest BCUT2D eigenvalue weighted by Crippen LogP contribution is 2.30. The van der Waals surface area contributed by atoms with Gasteiger partial charge in [-0.2, -0.15) is 0 Å². The number of hydrogen-bond acceptors (Lipinski definition) is 3. The fourth-order valence-electron chi connectivity index (χ4n) is 1.90. The van der Waals surface area contributed by atoms with Crippen LogP contribution in [0.4, 0.5) is 14.5 Å². The molecule has 0 unspecified atom stereocenters. The highest BCUT2D eigenvalue weighted by Gasteiger charge is 2.22. The van der Waals surface area contributed by atoms with Crippen molar-refractivity contribution in [2.75, 3.05) is 12.3 Å². The normalized spacial score (nSPS) is 10.5. The zero-order valence-electron chi connectivity index (χ0n) is 11.1. The Morgan fingerprint density at radius 2 is 1.95 bits per heavy atom. The molecule has 2 aromatic rings. The Labute approximate surface area is 125 Å². The molecule has 0 bridgehead atoms. The number of nitrogens with two attached hydrogens (primary N) is 1. The van der Waals surface area contributed by atoms with Crippen LogP contribution in [0.3, 0.4) is 0 Å². The molecule has 0 spiro atoms. The van der Waals surface area contributed by atoms with E-state index in [4.69, 9.17) is 22.1 Å². The number of carbonyl (C=O) groups is 1. The van der Waals surface area contributed by atoms with Gasteiger partial charge in [-0.25, -0.2) is 8.78 Å². The predicted molar refractivity (Wildman–Crippen MR) is 76.8 cm³/mol. The molecule has 0 aliphatic carbocycles. The van der Waals surface area contributed by atoms with Crippen LogP contribution in [-0.2, 0) is 0 Å². The van der Waals surface area contributed by atoms with E-state index in [1.807, 2.05) is 0 Å². The third kappa shape index (κ3) is 2.97. The first-order valence-electron chi connectivity index (χ1n) is 6.16. The lowest BCUT2D eigenvalue weighted by atomic mass is 10.0. The van der Waals surface area contributed by atoms with E-state index in [0.29, 0.717) is 6.61 Å². The van der Waals surface area contributed by atoms with Crippen molar-refractivity contribution in [1.82, 2.24) is 0 Å². The van der Waals surface area contributed by atoms with Crippen LogP contribution in [0.25, 0.3) is 0 Å². The van der Waals surface area contributed by atoms with E-state index in [1.165, 1.54) is 6.07 Å². The van der Waals surface area contributed by atoms with Crippen LogP contribution in [0.15, 0.2) is 30.3 Å². The van der Waals surface area contributed by atoms with Gasteiger partial charge in [-0.05, 0) is 31.2 Å². The summed E-state index contributed by atoms with van der Waals surface area (Å²) < 4.78 is 31.8. The number of ether oxygens (including phenoxy) is 1. The summed E-state index contributed by atoms with van der Waals surface area (Å²) in [5.41, 5.74) is 5.87. The lowest BCUT2D eigenvalue weighted by Crippen LogP contribution is -2.10. The summed E-state index contributed by atoms with van der Waals surface area (Å²) in [5.74, 6) is -2.64. The van der Waals surface area contributed by atoms with Gasteiger partial charge < -0.3 is 10.5 Å². The van der Waals surface area contributed by atoms with E-state index >= 15 is 0 Å². The molecule has 0 saturated heterocycles. The fraction of sp³-hybridized carbons (Fsp3) is 0.133. The van der Waals surface area contributed by atoms with Gasteiger partial charge in [-0.3, -0.25) is 4.79 Å². The molecule has 0 radical (unpaired) electrons. The third-order valence-corrected chi connectivity index (χ3v) is 3.15. The Hall–Kier alpha value is -2.14. The number of benzene rings is 2. The van der Waals surface area contributed by atoms with E-state index in [1.54, 1.807) is 19.1 Å². The number of rotatable bonds is 4. The largest absolute Gasteiger partial charge is 0.493 e. The van der Waals surface area contributed by atoms with Crippen LogP contribution in [0.5, 0.6) is 5.75 Å². The first-order chi connectivity index (χ1) is 9.95. The van der Waals surface area contributed by atoms with Gasteiger partial charge in [-0.15, -0.1) is 0 Å². The lowest BCUT2D eigenvalue weighted by Gasteiger charge is -2.12. The maximum Gasteiger partial charge on any atom is 0.200 e. The second-order valence-corrected chi connectivity index (χ2v) is 4.64. The topological polar surface area (TPSA) is 52.3 Å². The molecule has 0 amide bonds. The minimum absolute atomic E-state index is 0.0762. The second kappa shape index (κ2) is 6.10. The van der Waals surface area contributed by atoms with Crippen LogP contribution >= 0.6 is 11.6 Å². The van der Waals surface area contributed by atoms with Gasteiger partial charge in [0.2, 0.25) is 0 Å². The number of halogens is 3. The Balaban J connectivity index is 2.57. The van der Waals surface area contributed by atoms with Gasteiger partial charge >= 0.3 is 0 Å². The molecule has 2 aromatic carbocycles. The SMILES string of the molecule is CCOc1cccc(N)c1C(=O)c1cc(F)c(F)cc1Cl. The molecular formula is C15H12ClF2NO2. The Bertz CT molecular complexity index is 704. The van der Waals surface area contributed by atoms with Crippen molar-refractivity contribution in [3.63, 3.8) is 0 Å². The van der Waals surface area contributed by atoms with Crippen molar-refractivity contribution in [2.24, 2.45) is 0 Å². The molecule has 2 N–H and O–H groups in total. The molecule has 0 heterocycles. The van der Waals surface area contributed by atoms with Gasteiger partial charge in [0.25, 0.3) is 0 Å². The minimum atomic E-state index is -1.16. The zero-order valence-corrected chi connectivity index (χ0v) is 11.9. The molecule has 0 atom stereocenters. The van der Waals surface area contributed by atoms with Gasteiger partial charge in [0.15, 0.2) is 17.4 Å². The second-order valence-electron chi connectivity index (χ2n) is 4.23. The van der Waals surface area contributed by atoms with Gasteiger partial charge in [0, 0.05) is 11.3 Å². The summed E-state index contributed by atoms with van der Waals surface area (Å²) in [7, 11) is 0. The quantitative estimate of drug-likeness (QED) is 0.530. The van der Waals surface area contributed by atoms with E-state index in [2.05, 4.69) is 0 Å². The van der Waals surface area contributed by atoms with Crippen LogP contribution < -0.4 is 10.5 Å². The number of nitrogen functional groups attached to an aromatic ring is 1. The Kier molecular flexibility index (Phi) is 4.43.